The molecule has 2 N–H and O–H groups in total. The third kappa shape index (κ3) is 3.69. The van der Waals surface area contributed by atoms with Crippen LogP contribution in [0.4, 0.5) is 5.69 Å². The molecule has 0 unspecified atom stereocenters. The van der Waals surface area contributed by atoms with Crippen LogP contribution in [0.3, 0.4) is 0 Å². The van der Waals surface area contributed by atoms with Crippen LogP contribution in [0.15, 0.2) is 52.4 Å². The maximum Gasteiger partial charge on any atom is 0.264 e. The monoisotopic (exact) mass is 364 g/mol. The van der Waals surface area contributed by atoms with Crippen molar-refractivity contribution >= 4 is 57.8 Å². The largest absolute Gasteiger partial charge is 0.508 e. The van der Waals surface area contributed by atoms with Crippen LogP contribution >= 0.6 is 35.0 Å². The Morgan fingerprint density at radius 1 is 1.17 bits per heavy atom. The van der Waals surface area contributed by atoms with Crippen molar-refractivity contribution in [3.8, 4) is 5.75 Å². The molecular formula is C16H10Cl2N2O2S. The highest BCUT2D eigenvalue weighted by molar-refractivity contribution is 8.18. The predicted molar refractivity (Wildman–Crippen MR) is 95.4 cm³/mol. The fraction of sp³-hybridized carbons (Fsp3) is 0. The molecule has 2 aromatic rings. The lowest BCUT2D eigenvalue weighted by Crippen LogP contribution is -2.19. The van der Waals surface area contributed by atoms with E-state index in [2.05, 4.69) is 10.3 Å². The van der Waals surface area contributed by atoms with E-state index in [0.717, 1.165) is 5.56 Å². The number of nitrogens with zero attached hydrogens (tertiary/aromatic N) is 1. The molecule has 1 aliphatic rings. The Morgan fingerprint density at radius 2 is 1.96 bits per heavy atom. The van der Waals surface area contributed by atoms with Gasteiger partial charge in [0.25, 0.3) is 5.91 Å². The van der Waals surface area contributed by atoms with Gasteiger partial charge in [0.05, 0.1) is 20.6 Å². The molecule has 23 heavy (non-hydrogen) atoms. The fourth-order valence-corrected chi connectivity index (χ4v) is 3.11. The molecule has 0 saturated carbocycles. The minimum Gasteiger partial charge on any atom is -0.508 e. The molecule has 1 heterocycles. The minimum absolute atomic E-state index is 0.141. The van der Waals surface area contributed by atoms with Crippen LogP contribution < -0.4 is 5.32 Å². The van der Waals surface area contributed by atoms with Crippen LogP contribution in [-0.4, -0.2) is 16.2 Å². The number of nitrogens with one attached hydrogen (secondary N) is 1. The van der Waals surface area contributed by atoms with E-state index in [4.69, 9.17) is 23.2 Å². The van der Waals surface area contributed by atoms with Crippen molar-refractivity contribution in [1.29, 1.82) is 0 Å². The number of rotatable bonds is 2. The van der Waals surface area contributed by atoms with Crippen LogP contribution in [0.2, 0.25) is 10.0 Å². The van der Waals surface area contributed by atoms with Crippen molar-refractivity contribution < 1.29 is 9.90 Å². The van der Waals surface area contributed by atoms with Crippen LogP contribution in [0.5, 0.6) is 5.75 Å². The summed E-state index contributed by atoms with van der Waals surface area (Å²) < 4.78 is 0. The van der Waals surface area contributed by atoms with Gasteiger partial charge in [0.2, 0.25) is 0 Å². The fourth-order valence-electron chi connectivity index (χ4n) is 1.93. The molecule has 1 fully saturated rings. The van der Waals surface area contributed by atoms with Crippen molar-refractivity contribution in [2.45, 2.75) is 0 Å². The number of aliphatic imine (C=N–C) groups is 1. The zero-order valence-electron chi connectivity index (χ0n) is 11.6. The smallest absolute Gasteiger partial charge is 0.264 e. The van der Waals surface area contributed by atoms with Crippen LogP contribution in [0.1, 0.15) is 5.56 Å². The number of halogens is 2. The van der Waals surface area contributed by atoms with Gasteiger partial charge in [-0.25, -0.2) is 4.99 Å². The Bertz CT molecular complexity index is 850. The molecule has 2 aromatic carbocycles. The zero-order valence-corrected chi connectivity index (χ0v) is 13.9. The molecule has 7 heteroatoms. The Kier molecular flexibility index (Phi) is 4.61. The van der Waals surface area contributed by atoms with Crippen LogP contribution in [-0.2, 0) is 4.79 Å². The Morgan fingerprint density at radius 3 is 2.74 bits per heavy atom. The van der Waals surface area contributed by atoms with Gasteiger partial charge in [0, 0.05) is 0 Å². The minimum atomic E-state index is -0.254. The summed E-state index contributed by atoms with van der Waals surface area (Å²) >= 11 is 13.2. The van der Waals surface area contributed by atoms with Gasteiger partial charge in [0.1, 0.15) is 5.75 Å². The van der Waals surface area contributed by atoms with Crippen LogP contribution in [0.25, 0.3) is 6.08 Å². The standard InChI is InChI=1S/C16H10Cl2N2O2S/c17-11-5-2-6-12(14(11)18)19-16-20-15(22)13(23-16)8-9-3-1-4-10(21)7-9/h1-8,21H,(H,19,20,22)/b13-8-. The summed E-state index contributed by atoms with van der Waals surface area (Å²) in [4.78, 5) is 16.8. The van der Waals surface area contributed by atoms with Crippen molar-refractivity contribution in [1.82, 2.24) is 5.32 Å². The molecule has 1 saturated heterocycles. The molecular weight excluding hydrogens is 355 g/mol. The average molecular weight is 365 g/mol. The number of phenolic OH excluding ortho intramolecular Hbond substituents is 1. The number of phenols is 1. The van der Waals surface area contributed by atoms with Crippen molar-refractivity contribution in [2.24, 2.45) is 4.99 Å². The molecule has 1 aliphatic heterocycles. The quantitative estimate of drug-likeness (QED) is 0.766. The number of thioether (sulfide) groups is 1. The lowest BCUT2D eigenvalue weighted by atomic mass is 10.2. The summed E-state index contributed by atoms with van der Waals surface area (Å²) in [5.41, 5.74) is 1.21. The van der Waals surface area contributed by atoms with Gasteiger partial charge in [-0.3, -0.25) is 4.79 Å². The van der Waals surface area contributed by atoms with E-state index in [-0.39, 0.29) is 11.7 Å². The van der Waals surface area contributed by atoms with Gasteiger partial charge in [-0.05, 0) is 47.7 Å². The highest BCUT2D eigenvalue weighted by Gasteiger charge is 2.24. The average Bonchev–Trinajstić information content (AvgIpc) is 2.84. The van der Waals surface area contributed by atoms with E-state index in [1.807, 2.05) is 0 Å². The first kappa shape index (κ1) is 15.9. The summed E-state index contributed by atoms with van der Waals surface area (Å²) in [6.07, 6.45) is 1.68. The topological polar surface area (TPSA) is 61.7 Å². The third-order valence-corrected chi connectivity index (χ3v) is 4.69. The molecule has 0 bridgehead atoms. The molecule has 116 valence electrons. The van der Waals surface area contributed by atoms with Gasteiger partial charge in [-0.2, -0.15) is 0 Å². The molecule has 0 atom stereocenters. The molecule has 1 amide bonds. The van der Waals surface area contributed by atoms with Crippen molar-refractivity contribution in [2.75, 3.05) is 0 Å². The number of hydrogen-bond donors (Lipinski definition) is 2. The first-order valence-corrected chi connectivity index (χ1v) is 8.13. The van der Waals surface area contributed by atoms with Gasteiger partial charge in [-0.15, -0.1) is 0 Å². The van der Waals surface area contributed by atoms with Crippen molar-refractivity contribution in [3.05, 3.63) is 63.0 Å². The Hall–Kier alpha value is -1.95. The van der Waals surface area contributed by atoms with E-state index < -0.39 is 0 Å². The van der Waals surface area contributed by atoms with Gasteiger partial charge < -0.3 is 10.4 Å². The molecule has 4 nitrogen and oxygen atoms in total. The third-order valence-electron chi connectivity index (χ3n) is 2.97. The second-order valence-corrected chi connectivity index (χ2v) is 6.47. The summed E-state index contributed by atoms with van der Waals surface area (Å²) in [5.74, 6) is -0.113. The second-order valence-electron chi connectivity index (χ2n) is 4.65. The van der Waals surface area contributed by atoms with E-state index in [1.165, 1.54) is 11.8 Å². The van der Waals surface area contributed by atoms with E-state index in [9.17, 15) is 9.90 Å². The maximum absolute atomic E-state index is 12.0. The SMILES string of the molecule is O=C1NC(=Nc2cccc(Cl)c2Cl)S/C1=C\c1cccc(O)c1. The number of amides is 1. The van der Waals surface area contributed by atoms with Crippen molar-refractivity contribution in [3.63, 3.8) is 0 Å². The molecule has 0 aliphatic carbocycles. The molecule has 0 spiro atoms. The molecule has 0 aromatic heterocycles. The first-order chi connectivity index (χ1) is 11.0. The van der Waals surface area contributed by atoms with Gasteiger partial charge in [-0.1, -0.05) is 41.4 Å². The Labute approximate surface area is 146 Å². The zero-order chi connectivity index (χ0) is 16.4. The van der Waals surface area contributed by atoms with Gasteiger partial charge >= 0.3 is 0 Å². The summed E-state index contributed by atoms with van der Waals surface area (Å²) in [6.45, 7) is 0. The predicted octanol–water partition coefficient (Wildman–Crippen LogP) is 4.59. The number of hydrogen-bond acceptors (Lipinski definition) is 4. The summed E-state index contributed by atoms with van der Waals surface area (Å²) in [6, 6.07) is 11.8. The number of carbonyl (C=O) groups is 1. The second kappa shape index (κ2) is 6.66. The first-order valence-electron chi connectivity index (χ1n) is 6.55. The Balaban J connectivity index is 1.88. The number of aromatic hydroxyl groups is 1. The highest BCUT2D eigenvalue weighted by Crippen LogP contribution is 2.34. The number of carbonyl (C=O) groups excluding carboxylic acids is 1. The number of amidine groups is 1. The van der Waals surface area contributed by atoms with E-state index >= 15 is 0 Å². The summed E-state index contributed by atoms with van der Waals surface area (Å²) in [5, 5.41) is 13.3. The van der Waals surface area contributed by atoms with E-state index in [1.54, 1.807) is 48.5 Å². The lowest BCUT2D eigenvalue weighted by Gasteiger charge is -2.00. The molecule has 0 radical (unpaired) electrons. The number of benzene rings is 2. The summed E-state index contributed by atoms with van der Waals surface area (Å²) in [7, 11) is 0. The van der Waals surface area contributed by atoms with E-state index in [0.29, 0.717) is 25.8 Å². The maximum atomic E-state index is 12.0. The lowest BCUT2D eigenvalue weighted by molar-refractivity contribution is -0.115. The molecule has 3 rings (SSSR count). The normalized spacial score (nSPS) is 17.7. The highest BCUT2D eigenvalue weighted by atomic mass is 35.5. The van der Waals surface area contributed by atoms with Crippen LogP contribution in [0, 0.1) is 0 Å². The van der Waals surface area contributed by atoms with Gasteiger partial charge in [0.15, 0.2) is 5.17 Å².